The number of amides is 1. The molecule has 3 aromatic carbocycles. The molecule has 7 heteroatoms. The van der Waals surface area contributed by atoms with Gasteiger partial charge in [-0.3, -0.25) is 14.0 Å². The molecule has 34 heavy (non-hydrogen) atoms. The van der Waals surface area contributed by atoms with Gasteiger partial charge in [-0.05, 0) is 23.3 Å². The van der Waals surface area contributed by atoms with Gasteiger partial charge in [0, 0.05) is 17.1 Å². The highest BCUT2D eigenvalue weighted by atomic mass is 32.1. The Morgan fingerprint density at radius 3 is 2.29 bits per heavy atom. The van der Waals surface area contributed by atoms with E-state index in [1.807, 2.05) is 90.3 Å². The average Bonchev–Trinajstić information content (AvgIpc) is 3.33. The maximum atomic E-state index is 13.5. The predicted molar refractivity (Wildman–Crippen MR) is 134 cm³/mol. The first-order chi connectivity index (χ1) is 16.7. The number of hydrogen-bond acceptors (Lipinski definition) is 5. The van der Waals surface area contributed by atoms with E-state index in [9.17, 15) is 9.59 Å². The molecule has 0 saturated heterocycles. The first-order valence-corrected chi connectivity index (χ1v) is 11.6. The number of carbonyl (C=O) groups excluding carboxylic acids is 1. The Morgan fingerprint density at radius 1 is 0.971 bits per heavy atom. The lowest BCUT2D eigenvalue weighted by molar-refractivity contribution is 0.0941. The molecule has 168 valence electrons. The number of carbonyl (C=O) groups is 1. The van der Waals surface area contributed by atoms with E-state index in [0.717, 1.165) is 16.7 Å². The van der Waals surface area contributed by atoms with Crippen LogP contribution in [0.4, 0.5) is 0 Å². The number of methoxy groups -OCH3 is 1. The van der Waals surface area contributed by atoms with Gasteiger partial charge in [0.05, 0.1) is 18.8 Å². The normalized spacial score (nSPS) is 11.0. The summed E-state index contributed by atoms with van der Waals surface area (Å²) in [5.74, 6) is 0.202. The molecule has 5 rings (SSSR count). The summed E-state index contributed by atoms with van der Waals surface area (Å²) in [6.07, 6.45) is 1.35. The fourth-order valence-electron chi connectivity index (χ4n) is 3.89. The molecule has 0 saturated carbocycles. The van der Waals surface area contributed by atoms with E-state index in [0.29, 0.717) is 16.4 Å². The zero-order valence-electron chi connectivity index (χ0n) is 18.3. The highest BCUT2D eigenvalue weighted by Crippen LogP contribution is 2.27. The molecule has 0 unspecified atom stereocenters. The van der Waals surface area contributed by atoms with Gasteiger partial charge in [0.15, 0.2) is 4.96 Å². The van der Waals surface area contributed by atoms with Crippen LogP contribution in [0, 0.1) is 0 Å². The minimum absolute atomic E-state index is 0.0168. The van der Waals surface area contributed by atoms with Crippen LogP contribution in [0.3, 0.4) is 0 Å². The van der Waals surface area contributed by atoms with Crippen LogP contribution in [-0.4, -0.2) is 22.4 Å². The van der Waals surface area contributed by atoms with Crippen molar-refractivity contribution in [3.63, 3.8) is 0 Å². The van der Waals surface area contributed by atoms with Crippen molar-refractivity contribution in [3.8, 4) is 17.0 Å². The van der Waals surface area contributed by atoms with Gasteiger partial charge in [-0.25, -0.2) is 4.98 Å². The van der Waals surface area contributed by atoms with Crippen LogP contribution < -0.4 is 15.6 Å². The van der Waals surface area contributed by atoms with Crippen LogP contribution in [0.5, 0.6) is 5.75 Å². The summed E-state index contributed by atoms with van der Waals surface area (Å²) in [5, 5.41) is 4.89. The van der Waals surface area contributed by atoms with Gasteiger partial charge < -0.3 is 10.1 Å². The van der Waals surface area contributed by atoms with Gasteiger partial charge in [-0.15, -0.1) is 11.3 Å². The lowest BCUT2D eigenvalue weighted by Crippen LogP contribution is -2.34. The van der Waals surface area contributed by atoms with Crippen molar-refractivity contribution in [1.82, 2.24) is 14.7 Å². The number of benzene rings is 3. The smallest absolute Gasteiger partial charge is 0.271 e. The van der Waals surface area contributed by atoms with Crippen LogP contribution in [0.15, 0.2) is 101 Å². The monoisotopic (exact) mass is 467 g/mol. The van der Waals surface area contributed by atoms with Crippen molar-refractivity contribution in [1.29, 1.82) is 0 Å². The van der Waals surface area contributed by atoms with Crippen molar-refractivity contribution in [2.75, 3.05) is 7.11 Å². The van der Waals surface area contributed by atoms with E-state index in [-0.39, 0.29) is 5.56 Å². The molecule has 0 fully saturated rings. The third-order valence-corrected chi connectivity index (χ3v) is 6.44. The molecule has 0 aliphatic heterocycles. The zero-order valence-corrected chi connectivity index (χ0v) is 19.2. The number of hydrogen-bond donors (Lipinski definition) is 1. The van der Waals surface area contributed by atoms with Crippen molar-refractivity contribution in [2.45, 2.75) is 6.04 Å². The quantitative estimate of drug-likeness (QED) is 0.384. The van der Waals surface area contributed by atoms with Crippen molar-refractivity contribution in [3.05, 3.63) is 124 Å². The summed E-state index contributed by atoms with van der Waals surface area (Å²) >= 11 is 1.34. The molecule has 5 aromatic rings. The van der Waals surface area contributed by atoms with E-state index < -0.39 is 17.5 Å². The lowest BCUT2D eigenvalue weighted by atomic mass is 9.98. The van der Waals surface area contributed by atoms with Gasteiger partial charge in [-0.1, -0.05) is 72.8 Å². The fourth-order valence-corrected chi connectivity index (χ4v) is 4.75. The summed E-state index contributed by atoms with van der Waals surface area (Å²) in [4.78, 5) is 31.7. The molecule has 2 aromatic heterocycles. The second-order valence-corrected chi connectivity index (χ2v) is 8.51. The summed E-state index contributed by atoms with van der Waals surface area (Å²) in [6, 6.07) is 26.4. The van der Waals surface area contributed by atoms with E-state index in [2.05, 4.69) is 10.3 Å². The first kappa shape index (κ1) is 21.6. The molecule has 1 N–H and O–H groups in total. The SMILES string of the molecule is COc1cccc(-c2csc3ncc(C(=O)NC(c4ccccc4)c4ccccc4)c(=O)n23)c1. The van der Waals surface area contributed by atoms with Gasteiger partial charge in [-0.2, -0.15) is 0 Å². The number of thiazole rings is 1. The van der Waals surface area contributed by atoms with Crippen molar-refractivity contribution < 1.29 is 9.53 Å². The predicted octanol–water partition coefficient (Wildman–Crippen LogP) is 4.95. The average molecular weight is 468 g/mol. The van der Waals surface area contributed by atoms with E-state index in [4.69, 9.17) is 4.74 Å². The molecule has 0 aliphatic rings. The molecule has 0 aliphatic carbocycles. The Hall–Kier alpha value is -4.23. The third kappa shape index (κ3) is 4.09. The number of nitrogens with zero attached hydrogens (tertiary/aromatic N) is 2. The lowest BCUT2D eigenvalue weighted by Gasteiger charge is -2.19. The highest BCUT2D eigenvalue weighted by Gasteiger charge is 2.22. The maximum absolute atomic E-state index is 13.5. The molecular weight excluding hydrogens is 446 g/mol. The molecule has 6 nitrogen and oxygen atoms in total. The molecule has 0 bridgehead atoms. The molecule has 0 atom stereocenters. The Bertz CT molecular complexity index is 1470. The second kappa shape index (κ2) is 9.33. The van der Waals surface area contributed by atoms with Gasteiger partial charge in [0.25, 0.3) is 11.5 Å². The zero-order chi connectivity index (χ0) is 23.5. The van der Waals surface area contributed by atoms with Gasteiger partial charge in [0.1, 0.15) is 11.3 Å². The second-order valence-electron chi connectivity index (χ2n) is 7.68. The molecular formula is C27H21N3O3S. The topological polar surface area (TPSA) is 72.7 Å². The van der Waals surface area contributed by atoms with E-state index in [1.165, 1.54) is 21.9 Å². The highest BCUT2D eigenvalue weighted by molar-refractivity contribution is 7.15. The Morgan fingerprint density at radius 2 is 1.65 bits per heavy atom. The largest absolute Gasteiger partial charge is 0.497 e. The molecule has 1 amide bonds. The summed E-state index contributed by atoms with van der Waals surface area (Å²) in [5.41, 5.74) is 2.87. The Labute approximate surface area is 200 Å². The van der Waals surface area contributed by atoms with Gasteiger partial charge in [0.2, 0.25) is 0 Å². The summed E-state index contributed by atoms with van der Waals surface area (Å²) < 4.78 is 6.80. The number of rotatable bonds is 6. The Balaban J connectivity index is 1.55. The van der Waals surface area contributed by atoms with Crippen molar-refractivity contribution in [2.24, 2.45) is 0 Å². The number of fused-ring (bicyclic) bond motifs is 1. The van der Waals surface area contributed by atoms with E-state index >= 15 is 0 Å². The number of nitrogens with one attached hydrogen (secondary N) is 1. The van der Waals surface area contributed by atoms with Crippen molar-refractivity contribution >= 4 is 22.2 Å². The van der Waals surface area contributed by atoms with Crippen LogP contribution in [-0.2, 0) is 0 Å². The number of ether oxygens (including phenoxy) is 1. The molecule has 0 spiro atoms. The van der Waals surface area contributed by atoms with Crippen LogP contribution in [0.1, 0.15) is 27.5 Å². The molecule has 2 heterocycles. The number of aromatic nitrogens is 2. The summed E-state index contributed by atoms with van der Waals surface area (Å²) in [7, 11) is 1.59. The standard InChI is InChI=1S/C27H21N3O3S/c1-33-21-14-8-13-20(15-21)23-17-34-27-28-16-22(26(32)30(23)27)25(31)29-24(18-9-4-2-5-10-18)19-11-6-3-7-12-19/h2-17,24H,1H3,(H,29,31). The molecule has 0 radical (unpaired) electrons. The minimum atomic E-state index is -0.479. The minimum Gasteiger partial charge on any atom is -0.497 e. The first-order valence-electron chi connectivity index (χ1n) is 10.7. The third-order valence-electron chi connectivity index (χ3n) is 5.60. The summed E-state index contributed by atoms with van der Waals surface area (Å²) in [6.45, 7) is 0. The van der Waals surface area contributed by atoms with Crippen LogP contribution in [0.2, 0.25) is 0 Å². The van der Waals surface area contributed by atoms with Crippen LogP contribution in [0.25, 0.3) is 16.2 Å². The Kier molecular flexibility index (Phi) is 5.93. The van der Waals surface area contributed by atoms with Crippen LogP contribution >= 0.6 is 11.3 Å². The van der Waals surface area contributed by atoms with Gasteiger partial charge >= 0.3 is 0 Å². The maximum Gasteiger partial charge on any atom is 0.271 e. The fraction of sp³-hybridized carbons (Fsp3) is 0.0741. The van der Waals surface area contributed by atoms with E-state index in [1.54, 1.807) is 7.11 Å².